The highest BCUT2D eigenvalue weighted by Crippen LogP contribution is 2.67. The summed E-state index contributed by atoms with van der Waals surface area (Å²) in [4.78, 5) is 0. The first-order valence-corrected chi connectivity index (χ1v) is 10.5. The molecule has 1 aliphatic rings. The number of aliphatic hydroxyl groups is 1. The van der Waals surface area contributed by atoms with Gasteiger partial charge in [0, 0.05) is 5.56 Å². The van der Waals surface area contributed by atoms with Crippen molar-refractivity contribution in [2.24, 2.45) is 0 Å². The minimum Gasteiger partial charge on any atom is -0.414 e. The van der Waals surface area contributed by atoms with Crippen LogP contribution in [0.25, 0.3) is 0 Å². The molecule has 4 nitrogen and oxygen atoms in total. The van der Waals surface area contributed by atoms with Gasteiger partial charge in [0.1, 0.15) is 11.5 Å². The minimum absolute atomic E-state index is 0.332. The van der Waals surface area contributed by atoms with Crippen molar-refractivity contribution in [3.8, 4) is 11.5 Å². The number of hydrogen-bond acceptors (Lipinski definition) is 4. The van der Waals surface area contributed by atoms with Gasteiger partial charge in [0.15, 0.2) is 0 Å². The van der Waals surface area contributed by atoms with E-state index in [0.29, 0.717) is 23.5 Å². The summed E-state index contributed by atoms with van der Waals surface area (Å²) in [5.74, 6) is 0.664. The summed E-state index contributed by atoms with van der Waals surface area (Å²) in [6.07, 6.45) is 0.370. The van der Waals surface area contributed by atoms with Crippen molar-refractivity contribution < 1.29 is 18.7 Å². The topological polar surface area (TPSA) is 55.8 Å². The molecule has 0 spiro atoms. The number of alkyl halides is 1. The highest BCUT2D eigenvalue weighted by Gasteiger charge is 2.62. The SMILES string of the molecule is O=P(Oc1ccccc1)(Oc1ccccc1)[C@@]1(O)c2ccccc2C[C@@H]1Cl. The van der Waals surface area contributed by atoms with Crippen molar-refractivity contribution in [1.82, 2.24) is 0 Å². The fraction of sp³-hybridized carbons (Fsp3) is 0.143. The van der Waals surface area contributed by atoms with Crippen molar-refractivity contribution in [1.29, 1.82) is 0 Å². The zero-order chi connectivity index (χ0) is 18.9. The van der Waals surface area contributed by atoms with Crippen LogP contribution < -0.4 is 9.05 Å². The Hall–Kier alpha value is -2.26. The summed E-state index contributed by atoms with van der Waals surface area (Å²) in [6.45, 7) is 0. The number of halogens is 1. The van der Waals surface area contributed by atoms with Crippen LogP contribution in [0.2, 0.25) is 0 Å². The third-order valence-corrected chi connectivity index (χ3v) is 7.52. The monoisotopic (exact) mass is 400 g/mol. The lowest BCUT2D eigenvalue weighted by atomic mass is 10.1. The Kier molecular flexibility index (Phi) is 4.73. The van der Waals surface area contributed by atoms with Gasteiger partial charge in [-0.3, -0.25) is 0 Å². The van der Waals surface area contributed by atoms with Crippen LogP contribution in [-0.4, -0.2) is 10.5 Å². The number of para-hydroxylation sites is 2. The second kappa shape index (κ2) is 7.05. The van der Waals surface area contributed by atoms with E-state index in [1.54, 1.807) is 60.7 Å². The third-order valence-electron chi connectivity index (χ3n) is 4.60. The molecule has 0 fully saturated rings. The molecule has 1 N–H and O–H groups in total. The quantitative estimate of drug-likeness (QED) is 0.463. The van der Waals surface area contributed by atoms with Crippen LogP contribution in [0.15, 0.2) is 84.9 Å². The molecule has 3 aromatic carbocycles. The van der Waals surface area contributed by atoms with E-state index in [2.05, 4.69) is 0 Å². The van der Waals surface area contributed by atoms with Gasteiger partial charge in [-0.25, -0.2) is 4.57 Å². The summed E-state index contributed by atoms with van der Waals surface area (Å²) >= 11 is 6.52. The van der Waals surface area contributed by atoms with E-state index in [-0.39, 0.29) is 0 Å². The van der Waals surface area contributed by atoms with E-state index in [0.717, 1.165) is 5.56 Å². The molecular formula is C21H18ClO4P. The van der Waals surface area contributed by atoms with Gasteiger partial charge in [0.05, 0.1) is 5.38 Å². The van der Waals surface area contributed by atoms with Gasteiger partial charge in [0.2, 0.25) is 5.34 Å². The van der Waals surface area contributed by atoms with Crippen molar-refractivity contribution in [3.63, 3.8) is 0 Å². The molecule has 138 valence electrons. The molecule has 6 heteroatoms. The van der Waals surface area contributed by atoms with E-state index >= 15 is 0 Å². The highest BCUT2D eigenvalue weighted by molar-refractivity contribution is 7.56. The predicted octanol–water partition coefficient (Wildman–Crippen LogP) is 5.35. The van der Waals surface area contributed by atoms with Crippen LogP contribution in [0.3, 0.4) is 0 Å². The summed E-state index contributed by atoms with van der Waals surface area (Å²) in [5.41, 5.74) is 1.30. The zero-order valence-electron chi connectivity index (χ0n) is 14.4. The maximum atomic E-state index is 14.1. The van der Waals surface area contributed by atoms with Gasteiger partial charge in [-0.2, -0.15) is 0 Å². The van der Waals surface area contributed by atoms with Crippen LogP contribution in [0.4, 0.5) is 0 Å². The van der Waals surface area contributed by atoms with Crippen molar-refractivity contribution in [2.45, 2.75) is 17.1 Å². The lowest BCUT2D eigenvalue weighted by Gasteiger charge is -2.34. The van der Waals surface area contributed by atoms with E-state index < -0.39 is 18.3 Å². The fourth-order valence-electron chi connectivity index (χ4n) is 3.28. The van der Waals surface area contributed by atoms with Crippen molar-refractivity contribution >= 4 is 19.2 Å². The number of benzene rings is 3. The molecule has 0 radical (unpaired) electrons. The Balaban J connectivity index is 1.84. The summed E-state index contributed by atoms with van der Waals surface area (Å²) in [6, 6.07) is 24.5. The normalized spacial score (nSPS) is 21.5. The van der Waals surface area contributed by atoms with Gasteiger partial charge in [-0.05, 0) is 36.2 Å². The first-order valence-electron chi connectivity index (χ1n) is 8.57. The molecule has 3 aromatic rings. The van der Waals surface area contributed by atoms with E-state index in [4.69, 9.17) is 20.6 Å². The Morgan fingerprint density at radius 1 is 0.852 bits per heavy atom. The molecule has 0 saturated carbocycles. The second-order valence-electron chi connectivity index (χ2n) is 6.36. The summed E-state index contributed by atoms with van der Waals surface area (Å²) in [7, 11) is -4.19. The predicted molar refractivity (Wildman–Crippen MR) is 105 cm³/mol. The van der Waals surface area contributed by atoms with Crippen molar-refractivity contribution in [3.05, 3.63) is 96.1 Å². The third kappa shape index (κ3) is 3.14. The average molecular weight is 401 g/mol. The Morgan fingerprint density at radius 3 is 1.89 bits per heavy atom. The summed E-state index contributed by atoms with van der Waals surface area (Å²) < 4.78 is 25.7. The number of rotatable bonds is 5. The van der Waals surface area contributed by atoms with Crippen LogP contribution >= 0.6 is 19.2 Å². The van der Waals surface area contributed by atoms with Gasteiger partial charge in [-0.15, -0.1) is 11.6 Å². The maximum Gasteiger partial charge on any atom is 0.468 e. The molecule has 0 saturated heterocycles. The first kappa shape index (κ1) is 18.1. The molecular weight excluding hydrogens is 383 g/mol. The lowest BCUT2D eigenvalue weighted by molar-refractivity contribution is 0.0994. The van der Waals surface area contributed by atoms with Gasteiger partial charge < -0.3 is 14.2 Å². The molecule has 0 unspecified atom stereocenters. The Bertz CT molecular complexity index is 934. The van der Waals surface area contributed by atoms with E-state index in [1.165, 1.54) is 0 Å². The minimum atomic E-state index is -4.19. The van der Waals surface area contributed by atoms with Crippen LogP contribution in [-0.2, 0) is 16.3 Å². The van der Waals surface area contributed by atoms with Crippen LogP contribution in [0.1, 0.15) is 11.1 Å². The zero-order valence-corrected chi connectivity index (χ0v) is 16.0. The van der Waals surface area contributed by atoms with Crippen molar-refractivity contribution in [2.75, 3.05) is 0 Å². The molecule has 0 aromatic heterocycles. The molecule has 0 bridgehead atoms. The fourth-order valence-corrected chi connectivity index (χ4v) is 5.98. The molecule has 0 amide bonds. The lowest BCUT2D eigenvalue weighted by Crippen LogP contribution is -2.36. The smallest absolute Gasteiger partial charge is 0.414 e. The van der Waals surface area contributed by atoms with Crippen LogP contribution in [0.5, 0.6) is 11.5 Å². The second-order valence-corrected chi connectivity index (χ2v) is 8.93. The molecule has 27 heavy (non-hydrogen) atoms. The largest absolute Gasteiger partial charge is 0.468 e. The van der Waals surface area contributed by atoms with E-state index in [9.17, 15) is 9.67 Å². The van der Waals surface area contributed by atoms with Gasteiger partial charge in [-0.1, -0.05) is 60.7 Å². The molecule has 1 aliphatic carbocycles. The van der Waals surface area contributed by atoms with E-state index in [1.807, 2.05) is 24.3 Å². The summed E-state index contributed by atoms with van der Waals surface area (Å²) in [5, 5.41) is 8.78. The molecule has 0 heterocycles. The van der Waals surface area contributed by atoms with Crippen LogP contribution in [0, 0.1) is 0 Å². The Morgan fingerprint density at radius 2 is 1.33 bits per heavy atom. The number of fused-ring (bicyclic) bond motifs is 1. The molecule has 2 atom stereocenters. The average Bonchev–Trinajstić information content (AvgIpc) is 2.95. The van der Waals surface area contributed by atoms with Gasteiger partial charge >= 0.3 is 7.60 Å². The number of hydrogen-bond donors (Lipinski definition) is 1. The maximum absolute atomic E-state index is 14.1. The highest BCUT2D eigenvalue weighted by atomic mass is 35.5. The standard InChI is InChI=1S/C21H18ClO4P/c22-20-15-16-9-7-8-14-19(16)21(20,23)27(24,25-17-10-3-1-4-11-17)26-18-12-5-2-6-13-18/h1-14,20,23H,15H2/t20-,21-/m0/s1. The molecule has 0 aliphatic heterocycles. The first-order chi connectivity index (χ1) is 13.0. The van der Waals surface area contributed by atoms with Gasteiger partial charge in [0.25, 0.3) is 0 Å². The Labute approximate surface area is 162 Å². The molecule has 4 rings (SSSR count).